The molecule has 0 atom stereocenters. The van der Waals surface area contributed by atoms with Crippen LogP contribution in [0.2, 0.25) is 0 Å². The molecule has 1 aliphatic rings. The minimum absolute atomic E-state index is 0.00492. The van der Waals surface area contributed by atoms with Crippen LogP contribution in [0.5, 0.6) is 0 Å². The van der Waals surface area contributed by atoms with Gasteiger partial charge >= 0.3 is 25.6 Å². The lowest BCUT2D eigenvalue weighted by Gasteiger charge is -2.43. The fraction of sp³-hybridized carbons (Fsp3) is 0.609. The zero-order valence-corrected chi connectivity index (χ0v) is 21.4. The van der Waals surface area contributed by atoms with Crippen molar-refractivity contribution in [3.63, 3.8) is 0 Å². The van der Waals surface area contributed by atoms with Crippen molar-refractivity contribution < 1.29 is 42.2 Å². The highest BCUT2D eigenvalue weighted by Crippen LogP contribution is 2.52. The van der Waals surface area contributed by atoms with Gasteiger partial charge in [0, 0.05) is 6.42 Å². The van der Waals surface area contributed by atoms with Gasteiger partial charge in [0.2, 0.25) is 5.54 Å². The average Bonchev–Trinajstić information content (AvgIpc) is 2.79. The first kappa shape index (κ1) is 27.8. The molecular weight excluding hydrogens is 465 g/mol. The van der Waals surface area contributed by atoms with Gasteiger partial charge in [-0.2, -0.15) is 0 Å². The summed E-state index contributed by atoms with van der Waals surface area (Å²) in [5, 5.41) is 0. The van der Waals surface area contributed by atoms with E-state index in [1.165, 1.54) is 0 Å². The Balaban J connectivity index is 2.68. The largest absolute Gasteiger partial charge is 0.464 e. The second-order valence-electron chi connectivity index (χ2n) is 7.42. The van der Waals surface area contributed by atoms with E-state index < -0.39 is 31.2 Å². The molecule has 0 radical (unpaired) electrons. The van der Waals surface area contributed by atoms with Gasteiger partial charge in [-0.25, -0.2) is 14.4 Å². The van der Waals surface area contributed by atoms with Crippen LogP contribution < -0.4 is 0 Å². The molecule has 0 fully saturated rings. The first-order chi connectivity index (χ1) is 16.2. The van der Waals surface area contributed by atoms with Crippen LogP contribution in [-0.4, -0.2) is 61.5 Å². The molecule has 0 spiro atoms. The lowest BCUT2D eigenvalue weighted by molar-refractivity contribution is -0.175. The molecule has 10 nitrogen and oxygen atoms in total. The van der Waals surface area contributed by atoms with E-state index in [0.29, 0.717) is 16.7 Å². The van der Waals surface area contributed by atoms with Crippen LogP contribution in [0.25, 0.3) is 0 Å². The van der Waals surface area contributed by atoms with E-state index >= 15 is 0 Å². The average molecular weight is 499 g/mol. The first-order valence-electron chi connectivity index (χ1n) is 11.5. The van der Waals surface area contributed by atoms with E-state index in [4.69, 9.17) is 23.3 Å². The van der Waals surface area contributed by atoms with Gasteiger partial charge < -0.3 is 23.3 Å². The molecule has 0 N–H and O–H groups in total. The van der Waals surface area contributed by atoms with Crippen molar-refractivity contribution in [3.05, 3.63) is 34.9 Å². The third kappa shape index (κ3) is 5.79. The normalized spacial score (nSPS) is 14.8. The number of rotatable bonds is 11. The summed E-state index contributed by atoms with van der Waals surface area (Å²) in [6.45, 7) is 8.60. The number of carbonyl (C=O) groups is 3. The van der Waals surface area contributed by atoms with Crippen molar-refractivity contribution in [2.24, 2.45) is 0 Å². The van der Waals surface area contributed by atoms with Crippen molar-refractivity contribution in [2.75, 3.05) is 33.0 Å². The number of carbonyl (C=O) groups excluding carboxylic acids is 3. The zero-order chi connectivity index (χ0) is 25.4. The molecule has 1 aromatic carbocycles. The third-order valence-electron chi connectivity index (χ3n) is 5.32. The van der Waals surface area contributed by atoms with E-state index in [1.807, 2.05) is 0 Å². The summed E-state index contributed by atoms with van der Waals surface area (Å²) >= 11 is 0. The molecule has 190 valence electrons. The van der Waals surface area contributed by atoms with Crippen LogP contribution >= 0.6 is 7.60 Å². The summed E-state index contributed by atoms with van der Waals surface area (Å²) in [4.78, 5) is 40.6. The van der Waals surface area contributed by atoms with Crippen LogP contribution in [-0.2, 0) is 56.5 Å². The molecule has 1 heterocycles. The van der Waals surface area contributed by atoms with Crippen molar-refractivity contribution in [1.82, 2.24) is 4.90 Å². The van der Waals surface area contributed by atoms with Gasteiger partial charge in [0.05, 0.1) is 45.7 Å². The van der Waals surface area contributed by atoms with Crippen molar-refractivity contribution in [3.8, 4) is 0 Å². The lowest BCUT2D eigenvalue weighted by Crippen LogP contribution is -2.66. The highest BCUT2D eigenvalue weighted by Gasteiger charge is 2.59. The molecule has 1 aliphatic heterocycles. The van der Waals surface area contributed by atoms with Crippen molar-refractivity contribution in [1.29, 1.82) is 0 Å². The fourth-order valence-corrected chi connectivity index (χ4v) is 5.73. The molecular formula is C23H34NO9P. The Hall–Kier alpha value is -2.42. The number of benzene rings is 1. The summed E-state index contributed by atoms with van der Waals surface area (Å²) < 4.78 is 39.8. The van der Waals surface area contributed by atoms with E-state index in [0.717, 1.165) is 4.90 Å². The lowest BCUT2D eigenvalue weighted by atomic mass is 9.81. The van der Waals surface area contributed by atoms with Crippen LogP contribution in [0.15, 0.2) is 18.2 Å². The summed E-state index contributed by atoms with van der Waals surface area (Å²) in [7, 11) is -3.48. The Morgan fingerprint density at radius 2 is 1.44 bits per heavy atom. The maximum atomic E-state index is 13.3. The number of amides is 1. The number of hydrogen-bond donors (Lipinski definition) is 0. The van der Waals surface area contributed by atoms with Crippen LogP contribution in [0.1, 0.15) is 51.3 Å². The summed E-state index contributed by atoms with van der Waals surface area (Å²) in [6.07, 6.45) is -1.12. The number of nitrogens with zero attached hydrogens (tertiary/aromatic N) is 1. The summed E-state index contributed by atoms with van der Waals surface area (Å²) in [5.41, 5.74) is -0.245. The van der Waals surface area contributed by atoms with Crippen LogP contribution in [0.3, 0.4) is 0 Å². The highest BCUT2D eigenvalue weighted by atomic mass is 31.2. The van der Waals surface area contributed by atoms with E-state index in [1.54, 1.807) is 52.8 Å². The Morgan fingerprint density at radius 3 is 1.94 bits per heavy atom. The van der Waals surface area contributed by atoms with Gasteiger partial charge in [0.15, 0.2) is 0 Å². The summed E-state index contributed by atoms with van der Waals surface area (Å²) in [5.74, 6) is -1.83. The van der Waals surface area contributed by atoms with Crippen LogP contribution in [0.4, 0.5) is 4.79 Å². The number of fused-ring (bicyclic) bond motifs is 1. The molecule has 34 heavy (non-hydrogen) atoms. The molecule has 0 aliphatic carbocycles. The molecule has 0 aromatic heterocycles. The monoisotopic (exact) mass is 499 g/mol. The van der Waals surface area contributed by atoms with E-state index in [-0.39, 0.29) is 52.2 Å². The van der Waals surface area contributed by atoms with E-state index in [9.17, 15) is 18.9 Å². The van der Waals surface area contributed by atoms with Gasteiger partial charge in [0.25, 0.3) is 0 Å². The molecule has 11 heteroatoms. The highest BCUT2D eigenvalue weighted by molar-refractivity contribution is 7.53. The predicted molar refractivity (Wildman–Crippen MR) is 123 cm³/mol. The minimum atomic E-state index is -3.48. The Kier molecular flexibility index (Phi) is 10.1. The minimum Gasteiger partial charge on any atom is -0.464 e. The maximum absolute atomic E-state index is 13.3. The molecule has 0 bridgehead atoms. The summed E-state index contributed by atoms with van der Waals surface area (Å²) in [6, 6.07) is 5.27. The molecule has 0 saturated carbocycles. The number of hydrogen-bond acceptors (Lipinski definition) is 9. The quantitative estimate of drug-likeness (QED) is 0.194. The Labute approximate surface area is 200 Å². The second kappa shape index (κ2) is 12.3. The standard InChI is InChI=1S/C23H34NO9P/c1-6-29-20(25)23(21(26)30-7-2)14-19-17(15-24(23)22(27)31-8-3)12-11-13-18(19)16-34(28,32-9-4)33-10-5/h11-13H,6-10,14-16H2,1-5H3. The number of ether oxygens (including phenoxy) is 3. The van der Waals surface area contributed by atoms with Crippen molar-refractivity contribution >= 4 is 25.6 Å². The van der Waals surface area contributed by atoms with Gasteiger partial charge in [-0.1, -0.05) is 18.2 Å². The number of esters is 2. The molecule has 2 rings (SSSR count). The van der Waals surface area contributed by atoms with Gasteiger partial charge in [-0.15, -0.1) is 0 Å². The topological polar surface area (TPSA) is 118 Å². The van der Waals surface area contributed by atoms with Gasteiger partial charge in [0.1, 0.15) is 0 Å². The maximum Gasteiger partial charge on any atom is 0.411 e. The molecule has 0 saturated heterocycles. The molecule has 0 unspecified atom stereocenters. The Bertz CT molecular complexity index is 905. The first-order valence-corrected chi connectivity index (χ1v) is 13.2. The fourth-order valence-electron chi connectivity index (χ4n) is 3.97. The zero-order valence-electron chi connectivity index (χ0n) is 20.5. The van der Waals surface area contributed by atoms with Gasteiger partial charge in [-0.05, 0) is 51.3 Å². The Morgan fingerprint density at radius 1 is 0.882 bits per heavy atom. The third-order valence-corrected chi connectivity index (χ3v) is 7.35. The smallest absolute Gasteiger partial charge is 0.411 e. The molecule has 1 amide bonds. The SMILES string of the molecule is CCOC(=O)N1Cc2cccc(CP(=O)(OCC)OCC)c2CC1(C(=O)OCC)C(=O)OCC. The van der Waals surface area contributed by atoms with Crippen LogP contribution in [0, 0.1) is 0 Å². The van der Waals surface area contributed by atoms with Gasteiger partial charge in [-0.3, -0.25) is 9.46 Å². The predicted octanol–water partition coefficient (Wildman–Crippen LogP) is 3.83. The molecule has 1 aromatic rings. The van der Waals surface area contributed by atoms with Crippen molar-refractivity contribution in [2.45, 2.75) is 59.3 Å². The van der Waals surface area contributed by atoms with E-state index in [2.05, 4.69) is 0 Å². The second-order valence-corrected chi connectivity index (χ2v) is 9.48.